The van der Waals surface area contributed by atoms with E-state index in [0.29, 0.717) is 5.56 Å². The SMILES string of the molecule is O=C(O)COS(=O)(=O)Cc1ccccc1. The van der Waals surface area contributed by atoms with E-state index in [2.05, 4.69) is 4.18 Å². The van der Waals surface area contributed by atoms with E-state index in [0.717, 1.165) is 0 Å². The molecule has 0 heterocycles. The number of carboxylic acid groups (broad SMARTS) is 1. The Kier molecular flexibility index (Phi) is 3.81. The largest absolute Gasteiger partial charge is 0.479 e. The number of hydrogen-bond donors (Lipinski definition) is 1. The molecule has 1 N–H and O–H groups in total. The van der Waals surface area contributed by atoms with E-state index in [1.54, 1.807) is 30.3 Å². The number of benzene rings is 1. The minimum absolute atomic E-state index is 0.318. The zero-order chi connectivity index (χ0) is 11.3. The van der Waals surface area contributed by atoms with Crippen LogP contribution in [0.1, 0.15) is 5.56 Å². The van der Waals surface area contributed by atoms with Gasteiger partial charge in [-0.1, -0.05) is 30.3 Å². The first-order valence-electron chi connectivity index (χ1n) is 4.12. The summed E-state index contributed by atoms with van der Waals surface area (Å²) in [5.41, 5.74) is 0.558. The Labute approximate surface area is 87.4 Å². The standard InChI is InChI=1S/C9H10O5S/c10-9(11)6-14-15(12,13)7-8-4-2-1-3-5-8/h1-5H,6-7H2,(H,10,11). The zero-order valence-corrected chi connectivity index (χ0v) is 8.61. The van der Waals surface area contributed by atoms with Gasteiger partial charge < -0.3 is 5.11 Å². The molecule has 1 rings (SSSR count). The van der Waals surface area contributed by atoms with Crippen molar-refractivity contribution in [2.75, 3.05) is 6.61 Å². The number of aliphatic carboxylic acids is 1. The predicted molar refractivity (Wildman–Crippen MR) is 52.7 cm³/mol. The first kappa shape index (κ1) is 11.7. The van der Waals surface area contributed by atoms with E-state index in [4.69, 9.17) is 5.11 Å². The smallest absolute Gasteiger partial charge is 0.331 e. The Hall–Kier alpha value is -1.40. The lowest BCUT2D eigenvalue weighted by atomic mass is 10.2. The monoisotopic (exact) mass is 230 g/mol. The van der Waals surface area contributed by atoms with Gasteiger partial charge in [-0.25, -0.2) is 4.79 Å². The van der Waals surface area contributed by atoms with Gasteiger partial charge in [0.05, 0.1) is 0 Å². The van der Waals surface area contributed by atoms with Crippen LogP contribution in [0.3, 0.4) is 0 Å². The second-order valence-electron chi connectivity index (χ2n) is 2.84. The van der Waals surface area contributed by atoms with Gasteiger partial charge in [0.15, 0.2) is 6.61 Å². The van der Waals surface area contributed by atoms with Crippen LogP contribution in [0.2, 0.25) is 0 Å². The maximum absolute atomic E-state index is 11.2. The number of hydrogen-bond acceptors (Lipinski definition) is 4. The van der Waals surface area contributed by atoms with Gasteiger partial charge in [-0.05, 0) is 5.56 Å². The van der Waals surface area contributed by atoms with Crippen LogP contribution in [0.5, 0.6) is 0 Å². The molecule has 0 fully saturated rings. The molecule has 0 aliphatic heterocycles. The van der Waals surface area contributed by atoms with Gasteiger partial charge >= 0.3 is 5.97 Å². The lowest BCUT2D eigenvalue weighted by molar-refractivity contribution is -0.139. The minimum atomic E-state index is -3.81. The van der Waals surface area contributed by atoms with E-state index in [-0.39, 0.29) is 5.75 Å². The highest BCUT2D eigenvalue weighted by Crippen LogP contribution is 2.06. The lowest BCUT2D eigenvalue weighted by Gasteiger charge is -2.02. The molecule has 0 spiro atoms. The fourth-order valence-corrected chi connectivity index (χ4v) is 1.92. The molecule has 0 saturated carbocycles. The van der Waals surface area contributed by atoms with E-state index < -0.39 is 22.7 Å². The van der Waals surface area contributed by atoms with Gasteiger partial charge in [-0.2, -0.15) is 8.42 Å². The van der Waals surface area contributed by atoms with Crippen LogP contribution < -0.4 is 0 Å². The van der Waals surface area contributed by atoms with Crippen LogP contribution in [-0.4, -0.2) is 26.1 Å². The number of carbonyl (C=O) groups is 1. The average molecular weight is 230 g/mol. The van der Waals surface area contributed by atoms with Crippen LogP contribution >= 0.6 is 0 Å². The van der Waals surface area contributed by atoms with Crippen molar-refractivity contribution in [2.45, 2.75) is 5.75 Å². The van der Waals surface area contributed by atoms with Crippen LogP contribution in [0.25, 0.3) is 0 Å². The molecular weight excluding hydrogens is 220 g/mol. The molecule has 1 aromatic carbocycles. The Morgan fingerprint density at radius 1 is 1.27 bits per heavy atom. The number of carboxylic acids is 1. The van der Waals surface area contributed by atoms with Crippen LogP contribution in [-0.2, 0) is 24.8 Å². The second kappa shape index (κ2) is 4.90. The van der Waals surface area contributed by atoms with Gasteiger partial charge in [-0.15, -0.1) is 0 Å². The average Bonchev–Trinajstić information content (AvgIpc) is 2.16. The third-order valence-electron chi connectivity index (χ3n) is 1.55. The molecule has 0 amide bonds. The summed E-state index contributed by atoms with van der Waals surface area (Å²) in [4.78, 5) is 10.1. The van der Waals surface area contributed by atoms with Crippen LogP contribution in [0.4, 0.5) is 0 Å². The quantitative estimate of drug-likeness (QED) is 0.750. The molecule has 0 bridgehead atoms. The van der Waals surface area contributed by atoms with Gasteiger partial charge in [0, 0.05) is 0 Å². The van der Waals surface area contributed by atoms with Crippen molar-refractivity contribution in [3.8, 4) is 0 Å². The molecule has 82 valence electrons. The number of rotatable bonds is 5. The van der Waals surface area contributed by atoms with Crippen molar-refractivity contribution in [1.82, 2.24) is 0 Å². The Balaban J connectivity index is 2.61. The fourth-order valence-electron chi connectivity index (χ4n) is 0.960. The molecule has 0 unspecified atom stereocenters. The molecule has 5 nitrogen and oxygen atoms in total. The van der Waals surface area contributed by atoms with Crippen molar-refractivity contribution in [3.05, 3.63) is 35.9 Å². The molecule has 0 radical (unpaired) electrons. The van der Waals surface area contributed by atoms with E-state index >= 15 is 0 Å². The van der Waals surface area contributed by atoms with Gasteiger partial charge in [-0.3, -0.25) is 4.18 Å². The fraction of sp³-hybridized carbons (Fsp3) is 0.222. The van der Waals surface area contributed by atoms with Crippen molar-refractivity contribution < 1.29 is 22.5 Å². The van der Waals surface area contributed by atoms with Crippen LogP contribution in [0, 0.1) is 0 Å². The second-order valence-corrected chi connectivity index (χ2v) is 4.48. The van der Waals surface area contributed by atoms with Crippen molar-refractivity contribution in [3.63, 3.8) is 0 Å². The molecule has 0 saturated heterocycles. The molecule has 6 heteroatoms. The minimum Gasteiger partial charge on any atom is -0.479 e. The highest BCUT2D eigenvalue weighted by atomic mass is 32.2. The first-order valence-corrected chi connectivity index (χ1v) is 5.70. The summed E-state index contributed by atoms with van der Waals surface area (Å²) in [6, 6.07) is 8.40. The maximum atomic E-state index is 11.2. The highest BCUT2D eigenvalue weighted by molar-refractivity contribution is 7.85. The summed E-state index contributed by atoms with van der Waals surface area (Å²) in [7, 11) is -3.81. The molecular formula is C9H10O5S. The van der Waals surface area contributed by atoms with Gasteiger partial charge in [0.2, 0.25) is 0 Å². The summed E-state index contributed by atoms with van der Waals surface area (Å²) in [5, 5.41) is 8.25. The Morgan fingerprint density at radius 3 is 2.40 bits per heavy atom. The summed E-state index contributed by atoms with van der Waals surface area (Å²) in [5.74, 6) is -1.63. The van der Waals surface area contributed by atoms with E-state index in [9.17, 15) is 13.2 Å². The van der Waals surface area contributed by atoms with Gasteiger partial charge in [0.1, 0.15) is 5.75 Å². The van der Waals surface area contributed by atoms with Crippen molar-refractivity contribution in [1.29, 1.82) is 0 Å². The Bertz CT molecular complexity index is 423. The lowest BCUT2D eigenvalue weighted by Crippen LogP contribution is -2.15. The molecule has 0 atom stereocenters. The molecule has 0 aliphatic rings. The molecule has 15 heavy (non-hydrogen) atoms. The van der Waals surface area contributed by atoms with E-state index in [1.807, 2.05) is 0 Å². The van der Waals surface area contributed by atoms with Crippen molar-refractivity contribution >= 4 is 16.1 Å². The molecule has 0 aliphatic carbocycles. The molecule has 0 aromatic heterocycles. The summed E-state index contributed by atoms with van der Waals surface area (Å²) in [6.45, 7) is -0.838. The highest BCUT2D eigenvalue weighted by Gasteiger charge is 2.13. The maximum Gasteiger partial charge on any atom is 0.331 e. The predicted octanol–water partition coefficient (Wildman–Crippen LogP) is 0.618. The topological polar surface area (TPSA) is 80.7 Å². The summed E-state index contributed by atoms with van der Waals surface area (Å²) < 4.78 is 26.7. The van der Waals surface area contributed by atoms with Crippen molar-refractivity contribution in [2.24, 2.45) is 0 Å². The Morgan fingerprint density at radius 2 is 1.87 bits per heavy atom. The van der Waals surface area contributed by atoms with E-state index in [1.165, 1.54) is 0 Å². The first-order chi connectivity index (χ1) is 6.99. The van der Waals surface area contributed by atoms with Crippen LogP contribution in [0.15, 0.2) is 30.3 Å². The third kappa shape index (κ3) is 4.57. The summed E-state index contributed by atoms with van der Waals surface area (Å²) in [6.07, 6.45) is 0. The zero-order valence-electron chi connectivity index (χ0n) is 7.79. The van der Waals surface area contributed by atoms with Gasteiger partial charge in [0.25, 0.3) is 10.1 Å². The molecule has 1 aromatic rings. The normalized spacial score (nSPS) is 11.2. The third-order valence-corrected chi connectivity index (χ3v) is 2.71. The summed E-state index contributed by atoms with van der Waals surface area (Å²) >= 11 is 0.